The van der Waals surface area contributed by atoms with Crippen molar-refractivity contribution < 1.29 is 9.31 Å². The van der Waals surface area contributed by atoms with E-state index in [1.165, 1.54) is 6.07 Å². The fraction of sp³-hybridized carbons (Fsp3) is 0.500. The molecule has 1 aliphatic heterocycles. The van der Waals surface area contributed by atoms with Gasteiger partial charge in [-0.25, -0.2) is 4.39 Å². The van der Waals surface area contributed by atoms with Crippen molar-refractivity contribution in [2.45, 2.75) is 25.3 Å². The first-order valence-electron chi connectivity index (χ1n) is 6.18. The van der Waals surface area contributed by atoms with E-state index in [-0.39, 0.29) is 16.2 Å². The predicted octanol–water partition coefficient (Wildman–Crippen LogP) is 3.05. The second-order valence-electron chi connectivity index (χ2n) is 4.58. The van der Waals surface area contributed by atoms with Crippen LogP contribution in [-0.4, -0.2) is 24.1 Å². The van der Waals surface area contributed by atoms with Crippen LogP contribution >= 0.6 is 15.9 Å². The maximum absolute atomic E-state index is 13.4. The molecule has 104 valence electrons. The van der Waals surface area contributed by atoms with Gasteiger partial charge in [-0.2, -0.15) is 0 Å². The Morgan fingerprint density at radius 3 is 3.00 bits per heavy atom. The smallest absolute Gasteiger partial charge is 0.295 e. The zero-order chi connectivity index (χ0) is 13.8. The minimum Gasteiger partial charge on any atom is -0.375 e. The third-order valence-corrected chi connectivity index (χ3v) is 3.75. The molecule has 0 spiro atoms. The van der Waals surface area contributed by atoms with Crippen LogP contribution in [0.5, 0.6) is 0 Å². The lowest BCUT2D eigenvalue weighted by Gasteiger charge is -2.18. The van der Waals surface area contributed by atoms with Crippen molar-refractivity contribution in [3.8, 4) is 0 Å². The van der Waals surface area contributed by atoms with Crippen molar-refractivity contribution >= 4 is 27.3 Å². The summed E-state index contributed by atoms with van der Waals surface area (Å²) in [7, 11) is 0. The number of benzene rings is 1. The average molecular weight is 332 g/mol. The molecule has 0 aliphatic carbocycles. The second-order valence-corrected chi connectivity index (χ2v) is 5.44. The summed E-state index contributed by atoms with van der Waals surface area (Å²) >= 11 is 3.06. The monoisotopic (exact) mass is 331 g/mol. The number of nitrogens with one attached hydrogen (secondary N) is 2. The van der Waals surface area contributed by atoms with E-state index in [0.29, 0.717) is 5.69 Å². The van der Waals surface area contributed by atoms with Gasteiger partial charge >= 0.3 is 0 Å². The van der Waals surface area contributed by atoms with E-state index in [4.69, 9.17) is 0 Å². The fourth-order valence-electron chi connectivity index (χ4n) is 2.17. The van der Waals surface area contributed by atoms with Gasteiger partial charge in [0.25, 0.3) is 5.69 Å². The molecular weight excluding hydrogens is 317 g/mol. The molecule has 0 bridgehead atoms. The highest BCUT2D eigenvalue weighted by molar-refractivity contribution is 9.10. The van der Waals surface area contributed by atoms with Crippen molar-refractivity contribution in [2.75, 3.05) is 18.4 Å². The normalized spacial score (nSPS) is 19.8. The average Bonchev–Trinajstić information content (AvgIpc) is 2.62. The highest BCUT2D eigenvalue weighted by Gasteiger charge is 2.20. The molecule has 1 atom stereocenters. The summed E-state index contributed by atoms with van der Waals surface area (Å²) in [4.78, 5) is 10.4. The Hall–Kier alpha value is -1.21. The number of nitro benzene ring substituents is 1. The second kappa shape index (κ2) is 6.29. The summed E-state index contributed by atoms with van der Waals surface area (Å²) in [5, 5.41) is 17.4. The van der Waals surface area contributed by atoms with E-state index in [1.807, 2.05) is 0 Å². The molecule has 7 heteroatoms. The van der Waals surface area contributed by atoms with Crippen molar-refractivity contribution in [3.63, 3.8) is 0 Å². The first-order valence-corrected chi connectivity index (χ1v) is 6.98. The molecule has 0 radical (unpaired) electrons. The number of hydrogen-bond donors (Lipinski definition) is 2. The third-order valence-electron chi connectivity index (χ3n) is 3.14. The molecule has 0 aromatic heterocycles. The summed E-state index contributed by atoms with van der Waals surface area (Å²) in [5.74, 6) is -0.628. The molecule has 5 nitrogen and oxygen atoms in total. The van der Waals surface area contributed by atoms with Gasteiger partial charge in [-0.1, -0.05) is 6.42 Å². The summed E-state index contributed by atoms with van der Waals surface area (Å²) in [5.41, 5.74) is 0.122. The SMILES string of the molecule is O=[N+]([O-])c1cc(F)c(Br)cc1NC1CCCCNC1. The zero-order valence-electron chi connectivity index (χ0n) is 10.3. The Morgan fingerprint density at radius 2 is 2.26 bits per heavy atom. The van der Waals surface area contributed by atoms with Crippen molar-refractivity contribution in [1.29, 1.82) is 0 Å². The fourth-order valence-corrected chi connectivity index (χ4v) is 2.51. The highest BCUT2D eigenvalue weighted by Crippen LogP contribution is 2.31. The summed E-state index contributed by atoms with van der Waals surface area (Å²) in [6.45, 7) is 1.72. The zero-order valence-corrected chi connectivity index (χ0v) is 11.9. The standard InChI is InChI=1S/C12H15BrFN3O2/c13-9-5-11(12(17(18)19)6-10(9)14)16-8-3-1-2-4-15-7-8/h5-6,8,15-16H,1-4,7H2. The largest absolute Gasteiger partial charge is 0.375 e. The first kappa shape index (κ1) is 14.2. The van der Waals surface area contributed by atoms with Crippen molar-refractivity contribution in [1.82, 2.24) is 5.32 Å². The van der Waals surface area contributed by atoms with Crippen LogP contribution in [0.1, 0.15) is 19.3 Å². The van der Waals surface area contributed by atoms with E-state index >= 15 is 0 Å². The Balaban J connectivity index is 2.22. The van der Waals surface area contributed by atoms with Crippen LogP contribution in [0, 0.1) is 15.9 Å². The quantitative estimate of drug-likeness (QED) is 0.659. The van der Waals surface area contributed by atoms with Crippen LogP contribution in [0.2, 0.25) is 0 Å². The molecule has 1 aromatic rings. The summed E-state index contributed by atoms with van der Waals surface area (Å²) in [6, 6.07) is 2.49. The summed E-state index contributed by atoms with van der Waals surface area (Å²) in [6.07, 6.45) is 3.12. The number of nitro groups is 1. The van der Waals surface area contributed by atoms with Crippen molar-refractivity contribution in [2.24, 2.45) is 0 Å². The minimum atomic E-state index is -0.628. The van der Waals surface area contributed by atoms with Gasteiger partial charge in [-0.05, 0) is 41.4 Å². The first-order chi connectivity index (χ1) is 9.08. The van der Waals surface area contributed by atoms with Gasteiger partial charge in [0.15, 0.2) is 0 Å². The Bertz CT molecular complexity index is 476. The van der Waals surface area contributed by atoms with E-state index in [9.17, 15) is 14.5 Å². The van der Waals surface area contributed by atoms with Crippen LogP contribution in [0.3, 0.4) is 0 Å². The molecule has 2 N–H and O–H groups in total. The lowest BCUT2D eigenvalue weighted by atomic mass is 10.1. The third kappa shape index (κ3) is 3.63. The number of rotatable bonds is 3. The van der Waals surface area contributed by atoms with Gasteiger partial charge in [0, 0.05) is 12.6 Å². The van der Waals surface area contributed by atoms with Gasteiger partial charge in [0.1, 0.15) is 11.5 Å². The Kier molecular flexibility index (Phi) is 4.71. The van der Waals surface area contributed by atoms with E-state index in [2.05, 4.69) is 26.6 Å². The van der Waals surface area contributed by atoms with Crippen LogP contribution in [0.15, 0.2) is 16.6 Å². The maximum atomic E-state index is 13.4. The Morgan fingerprint density at radius 1 is 1.47 bits per heavy atom. The lowest BCUT2D eigenvalue weighted by Crippen LogP contribution is -2.31. The molecule has 1 saturated heterocycles. The predicted molar refractivity (Wildman–Crippen MR) is 74.9 cm³/mol. The molecule has 1 unspecified atom stereocenters. The number of nitrogens with zero attached hydrogens (tertiary/aromatic N) is 1. The topological polar surface area (TPSA) is 67.2 Å². The minimum absolute atomic E-state index is 0.124. The molecule has 0 saturated carbocycles. The molecular formula is C12H15BrFN3O2. The van der Waals surface area contributed by atoms with Gasteiger partial charge in [-0.3, -0.25) is 10.1 Å². The molecule has 1 aromatic carbocycles. The van der Waals surface area contributed by atoms with Gasteiger partial charge in [-0.15, -0.1) is 0 Å². The van der Waals surface area contributed by atoms with E-state index < -0.39 is 10.7 Å². The van der Waals surface area contributed by atoms with E-state index in [0.717, 1.165) is 38.4 Å². The highest BCUT2D eigenvalue weighted by atomic mass is 79.9. The Labute approximate surface area is 118 Å². The maximum Gasteiger partial charge on any atom is 0.295 e. The number of halogens is 2. The van der Waals surface area contributed by atoms with Crippen LogP contribution in [0.4, 0.5) is 15.8 Å². The van der Waals surface area contributed by atoms with Gasteiger partial charge < -0.3 is 10.6 Å². The van der Waals surface area contributed by atoms with E-state index in [1.54, 1.807) is 0 Å². The molecule has 1 aliphatic rings. The molecule has 19 heavy (non-hydrogen) atoms. The van der Waals surface area contributed by atoms with Crippen LogP contribution in [0.25, 0.3) is 0 Å². The summed E-state index contributed by atoms with van der Waals surface area (Å²) < 4.78 is 13.6. The molecule has 0 amide bonds. The molecule has 1 fully saturated rings. The van der Waals surface area contributed by atoms with Crippen molar-refractivity contribution in [3.05, 3.63) is 32.5 Å². The number of hydrogen-bond acceptors (Lipinski definition) is 4. The number of anilines is 1. The van der Waals surface area contributed by atoms with Crippen LogP contribution < -0.4 is 10.6 Å². The molecule has 2 rings (SSSR count). The van der Waals surface area contributed by atoms with Gasteiger partial charge in [0.2, 0.25) is 0 Å². The van der Waals surface area contributed by atoms with Crippen LogP contribution in [-0.2, 0) is 0 Å². The lowest BCUT2D eigenvalue weighted by molar-refractivity contribution is -0.384. The molecule has 1 heterocycles. The van der Waals surface area contributed by atoms with Gasteiger partial charge in [0.05, 0.1) is 15.5 Å².